The van der Waals surface area contributed by atoms with Crippen molar-refractivity contribution in [1.82, 2.24) is 5.16 Å². The van der Waals surface area contributed by atoms with Gasteiger partial charge in [-0.15, -0.1) is 0 Å². The molecule has 0 aliphatic carbocycles. The maximum absolute atomic E-state index is 12.7. The Bertz CT molecular complexity index is 969. The summed E-state index contributed by atoms with van der Waals surface area (Å²) in [6, 6.07) is 16.1. The number of aromatic nitrogens is 1. The van der Waals surface area contributed by atoms with E-state index >= 15 is 0 Å². The van der Waals surface area contributed by atoms with Gasteiger partial charge in [-0.25, -0.2) is 0 Å². The first-order valence-electron chi connectivity index (χ1n) is 8.39. The van der Waals surface area contributed by atoms with E-state index in [4.69, 9.17) is 16.1 Å². The van der Waals surface area contributed by atoms with Crippen LogP contribution in [0.4, 0.5) is 5.69 Å². The van der Waals surface area contributed by atoms with Crippen LogP contribution in [0.1, 0.15) is 39.7 Å². The van der Waals surface area contributed by atoms with Crippen molar-refractivity contribution in [3.63, 3.8) is 0 Å². The summed E-state index contributed by atoms with van der Waals surface area (Å²) in [5.74, 6) is -0.305. The molecule has 7 heteroatoms. The highest BCUT2D eigenvalue weighted by atomic mass is 35.5. The normalized spacial score (nSPS) is 11.9. The highest BCUT2D eigenvalue weighted by molar-refractivity contribution is 6.31. The van der Waals surface area contributed by atoms with Crippen molar-refractivity contribution in [3.8, 4) is 0 Å². The predicted octanol–water partition coefficient (Wildman–Crippen LogP) is 5.14. The summed E-state index contributed by atoms with van der Waals surface area (Å²) in [7, 11) is 0. The van der Waals surface area contributed by atoms with Crippen molar-refractivity contribution < 1.29 is 14.2 Å². The highest BCUT2D eigenvalue weighted by Crippen LogP contribution is 2.34. The van der Waals surface area contributed by atoms with Crippen molar-refractivity contribution in [1.29, 1.82) is 0 Å². The van der Waals surface area contributed by atoms with Gasteiger partial charge >= 0.3 is 5.69 Å². The largest absolute Gasteiger partial charge is 0.354 e. The molecule has 3 rings (SSSR count). The standard InChI is InChI=1S/C20H17ClN2O4/c1-13-20(23(25)26)19(27-22-13)12-15(16-9-5-6-10-17(16)21)11-18(24)14-7-3-2-4-8-14/h2-10,15H,11-12H2,1H3. The number of nitro groups is 1. The summed E-state index contributed by atoms with van der Waals surface area (Å²) in [5.41, 5.74) is 1.38. The van der Waals surface area contributed by atoms with Gasteiger partial charge in [-0.2, -0.15) is 0 Å². The van der Waals surface area contributed by atoms with Crippen molar-refractivity contribution in [2.45, 2.75) is 25.7 Å². The van der Waals surface area contributed by atoms with Gasteiger partial charge in [-0.1, -0.05) is 65.3 Å². The first-order chi connectivity index (χ1) is 13.0. The van der Waals surface area contributed by atoms with E-state index in [0.29, 0.717) is 10.6 Å². The summed E-state index contributed by atoms with van der Waals surface area (Å²) in [6.45, 7) is 1.52. The van der Waals surface area contributed by atoms with Gasteiger partial charge in [0.05, 0.1) is 4.92 Å². The minimum absolute atomic E-state index is 0.0700. The summed E-state index contributed by atoms with van der Waals surface area (Å²) in [6.07, 6.45) is 0.296. The molecule has 2 aromatic carbocycles. The van der Waals surface area contributed by atoms with E-state index < -0.39 is 4.92 Å². The third-order valence-electron chi connectivity index (χ3n) is 4.39. The van der Waals surface area contributed by atoms with Crippen LogP contribution in [0.15, 0.2) is 59.1 Å². The van der Waals surface area contributed by atoms with Gasteiger partial charge in [0.2, 0.25) is 5.76 Å². The molecule has 0 spiro atoms. The van der Waals surface area contributed by atoms with Gasteiger partial charge in [-0.3, -0.25) is 14.9 Å². The molecule has 6 nitrogen and oxygen atoms in total. The average molecular weight is 385 g/mol. The van der Waals surface area contributed by atoms with E-state index in [-0.39, 0.29) is 41.7 Å². The first-order valence-corrected chi connectivity index (χ1v) is 8.77. The molecular formula is C20H17ClN2O4. The molecule has 138 valence electrons. The molecule has 1 unspecified atom stereocenters. The number of carbonyl (C=O) groups excluding carboxylic acids is 1. The third kappa shape index (κ3) is 4.23. The molecule has 0 radical (unpaired) electrons. The highest BCUT2D eigenvalue weighted by Gasteiger charge is 2.29. The molecule has 1 heterocycles. The number of aryl methyl sites for hydroxylation is 1. The molecule has 0 aliphatic heterocycles. The van der Waals surface area contributed by atoms with Crippen LogP contribution in [0.25, 0.3) is 0 Å². The lowest BCUT2D eigenvalue weighted by Crippen LogP contribution is -2.11. The van der Waals surface area contributed by atoms with Crippen LogP contribution in [0.3, 0.4) is 0 Å². The topological polar surface area (TPSA) is 86.2 Å². The van der Waals surface area contributed by atoms with Gasteiger partial charge in [0.25, 0.3) is 0 Å². The second kappa shape index (κ2) is 8.14. The fraction of sp³-hybridized carbons (Fsp3) is 0.200. The first kappa shape index (κ1) is 18.8. The fourth-order valence-corrected chi connectivity index (χ4v) is 3.36. The summed E-state index contributed by atoms with van der Waals surface area (Å²) >= 11 is 6.33. The summed E-state index contributed by atoms with van der Waals surface area (Å²) in [5, 5.41) is 15.6. The molecule has 0 saturated carbocycles. The quantitative estimate of drug-likeness (QED) is 0.319. The predicted molar refractivity (Wildman–Crippen MR) is 101 cm³/mol. The number of carbonyl (C=O) groups is 1. The van der Waals surface area contributed by atoms with Crippen LogP contribution in [-0.2, 0) is 6.42 Å². The third-order valence-corrected chi connectivity index (χ3v) is 4.73. The molecule has 0 saturated heterocycles. The van der Waals surface area contributed by atoms with Gasteiger partial charge in [0, 0.05) is 23.4 Å². The Morgan fingerprint density at radius 3 is 2.52 bits per heavy atom. The molecular weight excluding hydrogens is 368 g/mol. The molecule has 0 N–H and O–H groups in total. The zero-order valence-corrected chi connectivity index (χ0v) is 15.3. The van der Waals surface area contributed by atoms with Crippen LogP contribution in [0.5, 0.6) is 0 Å². The maximum atomic E-state index is 12.7. The van der Waals surface area contributed by atoms with Crippen LogP contribution in [0.2, 0.25) is 5.02 Å². The number of halogens is 1. The molecule has 0 aliphatic rings. The van der Waals surface area contributed by atoms with Crippen molar-refractivity contribution in [3.05, 3.63) is 92.3 Å². The number of benzene rings is 2. The fourth-order valence-electron chi connectivity index (χ4n) is 3.07. The number of Topliss-reactive ketones (excluding diaryl/α,β-unsaturated/α-hetero) is 1. The Kier molecular flexibility index (Phi) is 5.66. The Morgan fingerprint density at radius 2 is 1.85 bits per heavy atom. The van der Waals surface area contributed by atoms with Crippen LogP contribution in [0, 0.1) is 17.0 Å². The number of nitrogens with zero attached hydrogens (tertiary/aromatic N) is 2. The molecule has 1 atom stereocenters. The molecule has 0 bridgehead atoms. The van der Waals surface area contributed by atoms with Gasteiger partial charge in [-0.05, 0) is 24.5 Å². The summed E-state index contributed by atoms with van der Waals surface area (Å²) < 4.78 is 5.19. The SMILES string of the molecule is Cc1noc(CC(CC(=O)c2ccccc2)c2ccccc2Cl)c1[N+](=O)[O-]. The minimum Gasteiger partial charge on any atom is -0.354 e. The number of hydrogen-bond acceptors (Lipinski definition) is 5. The van der Waals surface area contributed by atoms with Gasteiger partial charge in [0.1, 0.15) is 0 Å². The molecule has 1 aromatic heterocycles. The van der Waals surface area contributed by atoms with Crippen LogP contribution >= 0.6 is 11.6 Å². The second-order valence-electron chi connectivity index (χ2n) is 6.21. The van der Waals surface area contributed by atoms with E-state index in [9.17, 15) is 14.9 Å². The Morgan fingerprint density at radius 1 is 1.19 bits per heavy atom. The Hall–Kier alpha value is -2.99. The van der Waals surface area contributed by atoms with Gasteiger partial charge < -0.3 is 4.52 Å². The van der Waals surface area contributed by atoms with Gasteiger partial charge in [0.15, 0.2) is 11.5 Å². The van der Waals surface area contributed by atoms with Crippen molar-refractivity contribution in [2.75, 3.05) is 0 Å². The zero-order valence-electron chi connectivity index (χ0n) is 14.6. The van der Waals surface area contributed by atoms with Crippen molar-refractivity contribution >= 4 is 23.1 Å². The number of ketones is 1. The minimum atomic E-state index is -0.510. The molecule has 3 aromatic rings. The lowest BCUT2D eigenvalue weighted by molar-refractivity contribution is -0.386. The monoisotopic (exact) mass is 384 g/mol. The average Bonchev–Trinajstić information content (AvgIpc) is 3.02. The van der Waals surface area contributed by atoms with E-state index in [0.717, 1.165) is 5.56 Å². The Labute approximate surface area is 160 Å². The number of rotatable bonds is 7. The summed E-state index contributed by atoms with van der Waals surface area (Å²) in [4.78, 5) is 23.6. The molecule has 0 fully saturated rings. The van der Waals surface area contributed by atoms with Crippen molar-refractivity contribution in [2.24, 2.45) is 0 Å². The number of hydrogen-bond donors (Lipinski definition) is 0. The lowest BCUT2D eigenvalue weighted by atomic mass is 9.88. The lowest BCUT2D eigenvalue weighted by Gasteiger charge is -2.16. The second-order valence-corrected chi connectivity index (χ2v) is 6.62. The van der Waals surface area contributed by atoms with Crippen LogP contribution < -0.4 is 0 Å². The zero-order chi connectivity index (χ0) is 19.4. The van der Waals surface area contributed by atoms with E-state index in [2.05, 4.69) is 5.16 Å². The van der Waals surface area contributed by atoms with E-state index in [1.807, 2.05) is 18.2 Å². The van der Waals surface area contributed by atoms with E-state index in [1.165, 1.54) is 6.92 Å². The smallest absolute Gasteiger partial charge is 0.334 e. The van der Waals surface area contributed by atoms with Crippen LogP contribution in [-0.4, -0.2) is 15.9 Å². The maximum Gasteiger partial charge on any atom is 0.334 e. The Balaban J connectivity index is 1.95. The molecule has 0 amide bonds. The molecule has 27 heavy (non-hydrogen) atoms. The van der Waals surface area contributed by atoms with E-state index in [1.54, 1.807) is 36.4 Å².